The van der Waals surface area contributed by atoms with Crippen molar-refractivity contribution in [3.63, 3.8) is 0 Å². The van der Waals surface area contributed by atoms with Gasteiger partial charge in [-0.3, -0.25) is 0 Å². The molecule has 0 spiro atoms. The normalized spacial score (nSPS) is 13.1. The molecule has 0 saturated carbocycles. The maximum atomic E-state index is 10.2. The van der Waals surface area contributed by atoms with Crippen LogP contribution in [0.15, 0.2) is 51.6 Å². The summed E-state index contributed by atoms with van der Waals surface area (Å²) in [6.45, 7) is 0. The summed E-state index contributed by atoms with van der Waals surface area (Å²) in [4.78, 5) is 0.891. The van der Waals surface area contributed by atoms with Gasteiger partial charge in [-0.15, -0.1) is 11.3 Å². The number of furan rings is 1. The van der Waals surface area contributed by atoms with Crippen molar-refractivity contribution in [2.24, 2.45) is 0 Å². The Balaban J connectivity index is 2.07. The summed E-state index contributed by atoms with van der Waals surface area (Å²) in [5.41, 5.74) is 0. The highest BCUT2D eigenvalue weighted by atomic mass is 79.9. The second kappa shape index (κ2) is 4.29. The van der Waals surface area contributed by atoms with Crippen LogP contribution in [0.1, 0.15) is 16.7 Å². The molecular formula is C13H9BrO2S. The van der Waals surface area contributed by atoms with Crippen LogP contribution >= 0.6 is 27.3 Å². The van der Waals surface area contributed by atoms with Gasteiger partial charge in [0.2, 0.25) is 0 Å². The van der Waals surface area contributed by atoms with Gasteiger partial charge in [0, 0.05) is 9.58 Å². The van der Waals surface area contributed by atoms with E-state index in [0.29, 0.717) is 5.76 Å². The first-order valence-electron chi connectivity index (χ1n) is 5.15. The first-order chi connectivity index (χ1) is 8.25. The number of halogens is 1. The molecule has 2 heterocycles. The molecule has 0 bridgehead atoms. The predicted molar refractivity (Wildman–Crippen MR) is 72.3 cm³/mol. The van der Waals surface area contributed by atoms with Crippen LogP contribution in [-0.4, -0.2) is 5.11 Å². The summed E-state index contributed by atoms with van der Waals surface area (Å²) >= 11 is 4.94. The Morgan fingerprint density at radius 2 is 2.06 bits per heavy atom. The summed E-state index contributed by atoms with van der Waals surface area (Å²) < 4.78 is 7.25. The van der Waals surface area contributed by atoms with Gasteiger partial charge in [0.05, 0.1) is 10.7 Å². The fourth-order valence-corrected chi connectivity index (χ4v) is 3.24. The molecule has 1 atom stereocenters. The van der Waals surface area contributed by atoms with E-state index in [0.717, 1.165) is 14.7 Å². The summed E-state index contributed by atoms with van der Waals surface area (Å²) in [6, 6.07) is 11.9. The van der Waals surface area contributed by atoms with Crippen molar-refractivity contribution in [2.45, 2.75) is 6.10 Å². The van der Waals surface area contributed by atoms with Crippen molar-refractivity contribution in [1.29, 1.82) is 0 Å². The minimum absolute atomic E-state index is 0.552. The molecule has 0 radical (unpaired) electrons. The molecule has 3 aromatic rings. The zero-order chi connectivity index (χ0) is 11.8. The molecule has 4 heteroatoms. The molecule has 0 saturated heterocycles. The summed E-state index contributed by atoms with van der Waals surface area (Å²) in [5, 5.41) is 11.4. The Kier molecular flexibility index (Phi) is 2.78. The van der Waals surface area contributed by atoms with Crippen molar-refractivity contribution < 1.29 is 9.52 Å². The fraction of sp³-hybridized carbons (Fsp3) is 0.0769. The molecule has 0 amide bonds. The number of thiophene rings is 1. The quantitative estimate of drug-likeness (QED) is 0.764. The standard InChI is InChI=1S/C13H9BrO2S/c14-9-5-6-16-13(9)12(15)11-7-8-3-1-2-4-10(8)17-11/h1-7,12,15H. The smallest absolute Gasteiger partial charge is 0.151 e. The topological polar surface area (TPSA) is 33.4 Å². The summed E-state index contributed by atoms with van der Waals surface area (Å²) in [7, 11) is 0. The lowest BCUT2D eigenvalue weighted by atomic mass is 10.2. The molecule has 86 valence electrons. The minimum Gasteiger partial charge on any atom is -0.465 e. The van der Waals surface area contributed by atoms with Crippen LogP contribution in [0.3, 0.4) is 0 Å². The lowest BCUT2D eigenvalue weighted by molar-refractivity contribution is 0.192. The van der Waals surface area contributed by atoms with E-state index in [9.17, 15) is 5.11 Å². The number of benzene rings is 1. The van der Waals surface area contributed by atoms with Gasteiger partial charge in [0.1, 0.15) is 6.10 Å². The molecule has 2 nitrogen and oxygen atoms in total. The Labute approximate surface area is 111 Å². The molecule has 1 aromatic carbocycles. The van der Waals surface area contributed by atoms with Gasteiger partial charge in [-0.25, -0.2) is 0 Å². The van der Waals surface area contributed by atoms with E-state index in [1.54, 1.807) is 23.7 Å². The zero-order valence-corrected chi connectivity index (χ0v) is 11.2. The zero-order valence-electron chi connectivity index (χ0n) is 8.76. The van der Waals surface area contributed by atoms with Crippen LogP contribution in [-0.2, 0) is 0 Å². The van der Waals surface area contributed by atoms with E-state index in [2.05, 4.69) is 15.9 Å². The molecule has 17 heavy (non-hydrogen) atoms. The van der Waals surface area contributed by atoms with E-state index in [4.69, 9.17) is 4.42 Å². The molecule has 0 fully saturated rings. The fourth-order valence-electron chi connectivity index (χ4n) is 1.77. The Morgan fingerprint density at radius 3 is 2.76 bits per heavy atom. The van der Waals surface area contributed by atoms with Crippen LogP contribution in [0, 0.1) is 0 Å². The van der Waals surface area contributed by atoms with Crippen molar-refractivity contribution >= 4 is 37.4 Å². The number of rotatable bonds is 2. The number of hydrogen-bond donors (Lipinski definition) is 1. The van der Waals surface area contributed by atoms with Gasteiger partial charge < -0.3 is 9.52 Å². The number of fused-ring (bicyclic) bond motifs is 1. The van der Waals surface area contributed by atoms with Gasteiger partial charge in [-0.1, -0.05) is 18.2 Å². The largest absolute Gasteiger partial charge is 0.465 e. The van der Waals surface area contributed by atoms with Gasteiger partial charge in [0.15, 0.2) is 5.76 Å². The molecule has 1 N–H and O–H groups in total. The van der Waals surface area contributed by atoms with Gasteiger partial charge in [-0.05, 0) is 39.5 Å². The number of aliphatic hydroxyl groups is 1. The molecule has 0 aliphatic rings. The van der Waals surface area contributed by atoms with Crippen LogP contribution in [0.4, 0.5) is 0 Å². The third-order valence-electron chi connectivity index (χ3n) is 2.61. The van der Waals surface area contributed by atoms with E-state index >= 15 is 0 Å². The van der Waals surface area contributed by atoms with E-state index in [1.165, 1.54) is 4.70 Å². The monoisotopic (exact) mass is 308 g/mol. The van der Waals surface area contributed by atoms with Crippen LogP contribution in [0.2, 0.25) is 0 Å². The average Bonchev–Trinajstić information content (AvgIpc) is 2.93. The molecule has 0 aliphatic heterocycles. The third-order valence-corrected chi connectivity index (χ3v) is 4.43. The van der Waals surface area contributed by atoms with Gasteiger partial charge >= 0.3 is 0 Å². The Bertz CT molecular complexity index is 623. The Morgan fingerprint density at radius 1 is 1.24 bits per heavy atom. The van der Waals surface area contributed by atoms with E-state index in [1.807, 2.05) is 30.3 Å². The second-order valence-corrected chi connectivity index (χ2v) is 5.69. The van der Waals surface area contributed by atoms with Gasteiger partial charge in [-0.2, -0.15) is 0 Å². The molecule has 3 rings (SSSR count). The van der Waals surface area contributed by atoms with Crippen molar-refractivity contribution in [2.75, 3.05) is 0 Å². The first kappa shape index (κ1) is 11.0. The second-order valence-electron chi connectivity index (χ2n) is 3.72. The third kappa shape index (κ3) is 1.92. The highest BCUT2D eigenvalue weighted by Gasteiger charge is 2.19. The number of hydrogen-bond acceptors (Lipinski definition) is 3. The van der Waals surface area contributed by atoms with Gasteiger partial charge in [0.25, 0.3) is 0 Å². The number of aliphatic hydroxyl groups excluding tert-OH is 1. The lowest BCUT2D eigenvalue weighted by Crippen LogP contribution is -1.95. The molecule has 0 aliphatic carbocycles. The summed E-state index contributed by atoms with van der Waals surface area (Å²) in [6.07, 6.45) is 0.854. The van der Waals surface area contributed by atoms with Crippen molar-refractivity contribution in [1.82, 2.24) is 0 Å². The lowest BCUT2D eigenvalue weighted by Gasteiger charge is -2.04. The minimum atomic E-state index is -0.711. The maximum Gasteiger partial charge on any atom is 0.151 e. The van der Waals surface area contributed by atoms with E-state index in [-0.39, 0.29) is 0 Å². The summed E-state index contributed by atoms with van der Waals surface area (Å²) in [5.74, 6) is 0.552. The Hall–Kier alpha value is -1.10. The van der Waals surface area contributed by atoms with Crippen molar-refractivity contribution in [3.8, 4) is 0 Å². The SMILES string of the molecule is OC(c1cc2ccccc2s1)c1occc1Br. The highest BCUT2D eigenvalue weighted by Crippen LogP contribution is 2.35. The first-order valence-corrected chi connectivity index (χ1v) is 6.76. The molecule has 2 aromatic heterocycles. The maximum absolute atomic E-state index is 10.2. The van der Waals surface area contributed by atoms with Crippen molar-refractivity contribution in [3.05, 3.63) is 57.8 Å². The molecule has 1 unspecified atom stereocenters. The highest BCUT2D eigenvalue weighted by molar-refractivity contribution is 9.10. The van der Waals surface area contributed by atoms with Crippen LogP contribution in [0.5, 0.6) is 0 Å². The van der Waals surface area contributed by atoms with E-state index < -0.39 is 6.10 Å². The predicted octanol–water partition coefficient (Wildman–Crippen LogP) is 4.34. The van der Waals surface area contributed by atoms with Crippen LogP contribution in [0.25, 0.3) is 10.1 Å². The average molecular weight is 309 g/mol. The van der Waals surface area contributed by atoms with Crippen LogP contribution < -0.4 is 0 Å². The molecular weight excluding hydrogens is 300 g/mol.